The van der Waals surface area contributed by atoms with Crippen molar-refractivity contribution in [3.8, 4) is 22.3 Å². The van der Waals surface area contributed by atoms with Crippen LogP contribution in [0, 0.1) is 0 Å². The van der Waals surface area contributed by atoms with E-state index < -0.39 is 0 Å². The van der Waals surface area contributed by atoms with Crippen LogP contribution in [-0.4, -0.2) is 0 Å². The minimum atomic E-state index is 1.26. The summed E-state index contributed by atoms with van der Waals surface area (Å²) >= 11 is 3.84. The fraction of sp³-hybridized carbons (Fsp3) is 0. The van der Waals surface area contributed by atoms with Crippen LogP contribution in [-0.2, 0) is 0 Å². The highest BCUT2D eigenvalue weighted by Gasteiger charge is 2.18. The van der Waals surface area contributed by atoms with Crippen LogP contribution in [0.2, 0.25) is 0 Å². The minimum absolute atomic E-state index is 1.26. The van der Waals surface area contributed by atoms with E-state index in [0.29, 0.717) is 0 Å². The van der Waals surface area contributed by atoms with Crippen molar-refractivity contribution in [3.63, 3.8) is 0 Å². The summed E-state index contributed by atoms with van der Waals surface area (Å²) in [7, 11) is 0. The monoisotopic (exact) mass is 492 g/mol. The maximum Gasteiger partial charge on any atom is 0.0542 e. The van der Waals surface area contributed by atoms with E-state index in [2.05, 4.69) is 121 Å². The normalized spacial score (nSPS) is 11.9. The highest BCUT2D eigenvalue weighted by Crippen LogP contribution is 2.47. The number of thiophene rings is 2. The van der Waals surface area contributed by atoms with Crippen LogP contribution in [0.1, 0.15) is 0 Å². The molecule has 0 aliphatic rings. The average Bonchev–Trinajstić information content (AvgIpc) is 3.48. The molecule has 0 radical (unpaired) electrons. The van der Waals surface area contributed by atoms with Crippen LogP contribution in [0.15, 0.2) is 121 Å². The van der Waals surface area contributed by atoms with Crippen LogP contribution < -0.4 is 0 Å². The molecule has 0 saturated carbocycles. The van der Waals surface area contributed by atoms with E-state index in [4.69, 9.17) is 0 Å². The summed E-state index contributed by atoms with van der Waals surface area (Å²) in [5, 5.41) is 7.96. The van der Waals surface area contributed by atoms with Gasteiger partial charge in [-0.25, -0.2) is 0 Å². The van der Waals surface area contributed by atoms with Crippen LogP contribution in [0.4, 0.5) is 0 Å². The molecule has 0 unspecified atom stereocenters. The Labute approximate surface area is 216 Å². The van der Waals surface area contributed by atoms with E-state index >= 15 is 0 Å². The molecule has 0 nitrogen and oxygen atoms in total. The van der Waals surface area contributed by atoms with Gasteiger partial charge in [0.25, 0.3) is 0 Å². The van der Waals surface area contributed by atoms with Gasteiger partial charge in [0.2, 0.25) is 0 Å². The van der Waals surface area contributed by atoms with Gasteiger partial charge in [0.15, 0.2) is 0 Å². The van der Waals surface area contributed by atoms with Gasteiger partial charge in [0, 0.05) is 20.2 Å². The van der Waals surface area contributed by atoms with Gasteiger partial charge in [-0.2, -0.15) is 0 Å². The Morgan fingerprint density at radius 2 is 0.806 bits per heavy atom. The summed E-state index contributed by atoms with van der Waals surface area (Å²) in [6, 6.07) is 44.5. The van der Waals surface area contributed by atoms with E-state index in [0.717, 1.165) is 0 Å². The van der Waals surface area contributed by atoms with Crippen LogP contribution in [0.5, 0.6) is 0 Å². The molecule has 2 heterocycles. The molecular formula is C34H20S2. The van der Waals surface area contributed by atoms with Crippen molar-refractivity contribution in [3.05, 3.63) is 121 Å². The van der Waals surface area contributed by atoms with Crippen molar-refractivity contribution in [2.45, 2.75) is 0 Å². The summed E-state index contributed by atoms with van der Waals surface area (Å²) in [6.45, 7) is 0. The zero-order valence-corrected chi connectivity index (χ0v) is 21.0. The first kappa shape index (κ1) is 20.2. The third-order valence-corrected chi connectivity index (χ3v) is 9.81. The lowest BCUT2D eigenvalue weighted by Crippen LogP contribution is -1.90. The van der Waals surface area contributed by atoms with Crippen molar-refractivity contribution in [2.24, 2.45) is 0 Å². The number of rotatable bonds is 2. The first-order valence-electron chi connectivity index (χ1n) is 12.2. The molecule has 8 aromatic rings. The number of fused-ring (bicyclic) bond motifs is 7. The van der Waals surface area contributed by atoms with E-state index in [-0.39, 0.29) is 0 Å². The molecule has 0 aliphatic heterocycles. The van der Waals surface area contributed by atoms with E-state index in [9.17, 15) is 0 Å². The molecule has 8 rings (SSSR count). The number of hydrogen-bond acceptors (Lipinski definition) is 2. The summed E-state index contributed by atoms with van der Waals surface area (Å²) in [5.41, 5.74) is 5.18. The second-order valence-electron chi connectivity index (χ2n) is 9.28. The topological polar surface area (TPSA) is 0 Å². The molecule has 0 atom stereocenters. The van der Waals surface area contributed by atoms with Gasteiger partial charge in [-0.05, 0) is 62.0 Å². The second-order valence-corrected chi connectivity index (χ2v) is 11.4. The third-order valence-electron chi connectivity index (χ3n) is 7.27. The molecule has 168 valence electrons. The zero-order chi connectivity index (χ0) is 23.6. The summed E-state index contributed by atoms with van der Waals surface area (Å²) in [4.78, 5) is 0. The van der Waals surface area contributed by atoms with E-state index in [1.54, 1.807) is 0 Å². The molecule has 6 aromatic carbocycles. The Bertz CT molecular complexity index is 2030. The van der Waals surface area contributed by atoms with Gasteiger partial charge in [0.1, 0.15) is 0 Å². The molecule has 0 N–H and O–H groups in total. The first-order chi connectivity index (χ1) is 17.9. The largest absolute Gasteiger partial charge is 0.134 e. The van der Waals surface area contributed by atoms with Gasteiger partial charge < -0.3 is 0 Å². The lowest BCUT2D eigenvalue weighted by atomic mass is 9.86. The van der Waals surface area contributed by atoms with Crippen molar-refractivity contribution in [1.82, 2.24) is 0 Å². The second kappa shape index (κ2) is 7.76. The van der Waals surface area contributed by atoms with Crippen LogP contribution >= 0.6 is 22.7 Å². The van der Waals surface area contributed by atoms with Gasteiger partial charge in [-0.3, -0.25) is 0 Å². The predicted octanol–water partition coefficient (Wildman–Crippen LogP) is 10.9. The minimum Gasteiger partial charge on any atom is -0.134 e. The fourth-order valence-electron chi connectivity index (χ4n) is 5.72. The number of hydrogen-bond donors (Lipinski definition) is 0. The van der Waals surface area contributed by atoms with E-state index in [1.165, 1.54) is 73.4 Å². The van der Waals surface area contributed by atoms with E-state index in [1.807, 2.05) is 22.7 Å². The maximum absolute atomic E-state index is 2.43. The molecule has 0 bridgehead atoms. The van der Waals surface area contributed by atoms with Gasteiger partial charge >= 0.3 is 0 Å². The van der Waals surface area contributed by atoms with Gasteiger partial charge in [-0.15, -0.1) is 22.7 Å². The number of benzene rings is 6. The quantitative estimate of drug-likeness (QED) is 0.211. The maximum atomic E-state index is 2.43. The average molecular weight is 493 g/mol. The van der Waals surface area contributed by atoms with Gasteiger partial charge in [-0.1, -0.05) is 103 Å². The molecule has 0 amide bonds. The molecule has 0 saturated heterocycles. The Morgan fingerprint density at radius 1 is 0.333 bits per heavy atom. The lowest BCUT2D eigenvalue weighted by molar-refractivity contribution is 1.66. The van der Waals surface area contributed by atoms with Gasteiger partial charge in [0.05, 0.1) is 9.40 Å². The summed E-state index contributed by atoms with van der Waals surface area (Å²) < 4.78 is 5.55. The standard InChI is InChI=1S/C34H20S2/c1-2-10-21(11-3-1)31-23-12-4-6-14-25(23)32(26-15-7-5-13-24(26)31)22-18-19-30-28(20-22)34-33(36-30)27-16-8-9-17-29(27)35-34/h1-20H. The molecule has 2 heteroatoms. The zero-order valence-electron chi connectivity index (χ0n) is 19.4. The summed E-state index contributed by atoms with van der Waals surface area (Å²) in [5.74, 6) is 0. The highest BCUT2D eigenvalue weighted by atomic mass is 32.1. The van der Waals surface area contributed by atoms with Crippen LogP contribution in [0.25, 0.3) is 73.4 Å². The lowest BCUT2D eigenvalue weighted by Gasteiger charge is -2.17. The molecule has 2 aromatic heterocycles. The molecule has 0 spiro atoms. The third kappa shape index (κ3) is 2.86. The Kier molecular flexibility index (Phi) is 4.36. The Balaban J connectivity index is 1.49. The van der Waals surface area contributed by atoms with Crippen molar-refractivity contribution in [1.29, 1.82) is 0 Å². The highest BCUT2D eigenvalue weighted by molar-refractivity contribution is 7.36. The first-order valence-corrected chi connectivity index (χ1v) is 13.8. The Morgan fingerprint density at radius 3 is 1.44 bits per heavy atom. The van der Waals surface area contributed by atoms with Crippen molar-refractivity contribution in [2.75, 3.05) is 0 Å². The summed E-state index contributed by atoms with van der Waals surface area (Å²) in [6.07, 6.45) is 0. The predicted molar refractivity (Wildman–Crippen MR) is 161 cm³/mol. The smallest absolute Gasteiger partial charge is 0.0542 e. The molecular weight excluding hydrogens is 473 g/mol. The van der Waals surface area contributed by atoms with Crippen molar-refractivity contribution >= 4 is 73.8 Å². The molecule has 0 fully saturated rings. The Hall–Kier alpha value is -3.98. The molecule has 0 aliphatic carbocycles. The molecule has 36 heavy (non-hydrogen) atoms. The van der Waals surface area contributed by atoms with Crippen LogP contribution in [0.3, 0.4) is 0 Å². The SMILES string of the molecule is c1ccc(-c2c3ccccc3c(-c3ccc4sc5c6ccccc6sc5c4c3)c3ccccc23)cc1. The van der Waals surface area contributed by atoms with Crippen molar-refractivity contribution < 1.29 is 0 Å². The fourth-order valence-corrected chi connectivity index (χ4v) is 8.34.